The second kappa shape index (κ2) is 4.17. The van der Waals surface area contributed by atoms with Crippen LogP contribution in [0.1, 0.15) is 23.4 Å². The molecule has 1 unspecified atom stereocenters. The Morgan fingerprint density at radius 1 is 1.13 bits per heavy atom. The van der Waals surface area contributed by atoms with E-state index in [1.165, 1.54) is 20.9 Å². The van der Waals surface area contributed by atoms with Crippen molar-refractivity contribution in [3.8, 4) is 10.4 Å². The Bertz CT molecular complexity index is 457. The summed E-state index contributed by atoms with van der Waals surface area (Å²) < 4.78 is 0. The van der Waals surface area contributed by atoms with Gasteiger partial charge in [-0.25, -0.2) is 0 Å². The van der Waals surface area contributed by atoms with E-state index in [0.717, 1.165) is 0 Å². The quantitative estimate of drug-likeness (QED) is 0.814. The molecule has 78 valence electrons. The first-order chi connectivity index (χ1) is 7.18. The van der Waals surface area contributed by atoms with Crippen LogP contribution in [0, 0.1) is 6.92 Å². The maximum absolute atomic E-state index is 5.96. The van der Waals surface area contributed by atoms with Gasteiger partial charge in [-0.3, -0.25) is 0 Å². The van der Waals surface area contributed by atoms with Crippen molar-refractivity contribution in [2.24, 2.45) is 5.73 Å². The van der Waals surface area contributed by atoms with Gasteiger partial charge in [-0.2, -0.15) is 0 Å². The first-order valence-corrected chi connectivity index (χ1v) is 5.91. The Kier molecular flexibility index (Phi) is 2.89. The van der Waals surface area contributed by atoms with Crippen LogP contribution >= 0.6 is 11.3 Å². The third-order valence-electron chi connectivity index (χ3n) is 2.46. The number of thiophene rings is 1. The molecular weight excluding hydrogens is 202 g/mol. The first-order valence-electron chi connectivity index (χ1n) is 5.10. The zero-order valence-corrected chi connectivity index (χ0v) is 9.84. The summed E-state index contributed by atoms with van der Waals surface area (Å²) >= 11 is 1.82. The fourth-order valence-electron chi connectivity index (χ4n) is 1.70. The SMILES string of the molecule is Cc1ccc(-c2ccccc2C(C)N)s1. The summed E-state index contributed by atoms with van der Waals surface area (Å²) in [4.78, 5) is 2.64. The van der Waals surface area contributed by atoms with Crippen LogP contribution in [-0.4, -0.2) is 0 Å². The molecule has 1 aromatic heterocycles. The molecule has 15 heavy (non-hydrogen) atoms. The smallest absolute Gasteiger partial charge is 0.0348 e. The van der Waals surface area contributed by atoms with Gasteiger partial charge in [0.1, 0.15) is 0 Å². The fourth-order valence-corrected chi connectivity index (χ4v) is 2.61. The third kappa shape index (κ3) is 2.11. The van der Waals surface area contributed by atoms with Gasteiger partial charge >= 0.3 is 0 Å². The van der Waals surface area contributed by atoms with Gasteiger partial charge in [0.15, 0.2) is 0 Å². The van der Waals surface area contributed by atoms with E-state index in [9.17, 15) is 0 Å². The monoisotopic (exact) mass is 217 g/mol. The standard InChI is InChI=1S/C13H15NS/c1-9-7-8-13(15-9)12-6-4-3-5-11(12)10(2)14/h3-8,10H,14H2,1-2H3. The summed E-state index contributed by atoms with van der Waals surface area (Å²) in [6.07, 6.45) is 0. The van der Waals surface area contributed by atoms with Crippen molar-refractivity contribution < 1.29 is 0 Å². The number of rotatable bonds is 2. The average molecular weight is 217 g/mol. The van der Waals surface area contributed by atoms with E-state index in [1.54, 1.807) is 0 Å². The summed E-state index contributed by atoms with van der Waals surface area (Å²) in [6, 6.07) is 12.8. The van der Waals surface area contributed by atoms with Crippen molar-refractivity contribution in [1.29, 1.82) is 0 Å². The summed E-state index contributed by atoms with van der Waals surface area (Å²) in [5.41, 5.74) is 8.45. The van der Waals surface area contributed by atoms with Gasteiger partial charge in [-0.15, -0.1) is 11.3 Å². The molecule has 2 heteroatoms. The fraction of sp³-hybridized carbons (Fsp3) is 0.231. The first kappa shape index (κ1) is 10.4. The molecule has 0 bridgehead atoms. The highest BCUT2D eigenvalue weighted by Crippen LogP contribution is 2.32. The molecule has 0 saturated heterocycles. The molecule has 0 aliphatic heterocycles. The highest BCUT2D eigenvalue weighted by atomic mass is 32.1. The van der Waals surface area contributed by atoms with E-state index in [0.29, 0.717) is 0 Å². The lowest BCUT2D eigenvalue weighted by atomic mass is 10.0. The van der Waals surface area contributed by atoms with E-state index in [1.807, 2.05) is 24.3 Å². The molecule has 0 radical (unpaired) electrons. The Balaban J connectivity index is 2.52. The summed E-state index contributed by atoms with van der Waals surface area (Å²) in [5, 5.41) is 0. The van der Waals surface area contributed by atoms with Crippen LogP contribution < -0.4 is 5.73 Å². The predicted octanol–water partition coefficient (Wildman–Crippen LogP) is 3.74. The Hall–Kier alpha value is -1.12. The predicted molar refractivity (Wildman–Crippen MR) is 67.1 cm³/mol. The van der Waals surface area contributed by atoms with Crippen LogP contribution in [0.3, 0.4) is 0 Å². The second-order valence-corrected chi connectivity index (χ2v) is 5.07. The second-order valence-electron chi connectivity index (χ2n) is 3.79. The van der Waals surface area contributed by atoms with Crippen LogP contribution in [0.5, 0.6) is 0 Å². The molecule has 2 rings (SSSR count). The van der Waals surface area contributed by atoms with Crippen molar-refractivity contribution in [3.63, 3.8) is 0 Å². The molecule has 2 aromatic rings. The molecule has 1 nitrogen and oxygen atoms in total. The third-order valence-corrected chi connectivity index (χ3v) is 3.49. The highest BCUT2D eigenvalue weighted by Gasteiger charge is 2.08. The zero-order chi connectivity index (χ0) is 10.8. The van der Waals surface area contributed by atoms with E-state index in [4.69, 9.17) is 5.73 Å². The van der Waals surface area contributed by atoms with Gasteiger partial charge in [0.25, 0.3) is 0 Å². The number of hydrogen-bond acceptors (Lipinski definition) is 2. The van der Waals surface area contributed by atoms with Gasteiger partial charge in [-0.05, 0) is 37.1 Å². The Labute approximate surface area is 94.6 Å². The van der Waals surface area contributed by atoms with Crippen LogP contribution in [-0.2, 0) is 0 Å². The van der Waals surface area contributed by atoms with E-state index >= 15 is 0 Å². The van der Waals surface area contributed by atoms with E-state index in [-0.39, 0.29) is 6.04 Å². The molecule has 1 heterocycles. The molecule has 0 fully saturated rings. The Morgan fingerprint density at radius 2 is 1.87 bits per heavy atom. The lowest BCUT2D eigenvalue weighted by molar-refractivity contribution is 0.821. The number of nitrogens with two attached hydrogens (primary N) is 1. The molecule has 0 saturated carbocycles. The zero-order valence-electron chi connectivity index (χ0n) is 9.03. The number of hydrogen-bond donors (Lipinski definition) is 1. The minimum Gasteiger partial charge on any atom is -0.324 e. The minimum absolute atomic E-state index is 0.0867. The van der Waals surface area contributed by atoms with E-state index < -0.39 is 0 Å². The lowest BCUT2D eigenvalue weighted by Gasteiger charge is -2.10. The molecule has 2 N–H and O–H groups in total. The molecule has 0 aliphatic rings. The average Bonchev–Trinajstić information content (AvgIpc) is 2.65. The van der Waals surface area contributed by atoms with Gasteiger partial charge in [0.2, 0.25) is 0 Å². The maximum Gasteiger partial charge on any atom is 0.0348 e. The van der Waals surface area contributed by atoms with Crippen molar-refractivity contribution >= 4 is 11.3 Å². The molecule has 1 aromatic carbocycles. The summed E-state index contributed by atoms with van der Waals surface area (Å²) in [5.74, 6) is 0. The van der Waals surface area contributed by atoms with Crippen LogP contribution in [0.15, 0.2) is 36.4 Å². The van der Waals surface area contributed by atoms with Crippen molar-refractivity contribution in [2.75, 3.05) is 0 Å². The van der Waals surface area contributed by atoms with Gasteiger partial charge < -0.3 is 5.73 Å². The van der Waals surface area contributed by atoms with Crippen molar-refractivity contribution in [2.45, 2.75) is 19.9 Å². The summed E-state index contributed by atoms with van der Waals surface area (Å²) in [6.45, 7) is 4.15. The van der Waals surface area contributed by atoms with Crippen LogP contribution in [0.25, 0.3) is 10.4 Å². The molecule has 1 atom stereocenters. The summed E-state index contributed by atoms with van der Waals surface area (Å²) in [7, 11) is 0. The van der Waals surface area contributed by atoms with Gasteiger partial charge in [0, 0.05) is 15.8 Å². The molecule has 0 amide bonds. The highest BCUT2D eigenvalue weighted by molar-refractivity contribution is 7.15. The number of aryl methyl sites for hydroxylation is 1. The van der Waals surface area contributed by atoms with Crippen molar-refractivity contribution in [1.82, 2.24) is 0 Å². The minimum atomic E-state index is 0.0867. The Morgan fingerprint density at radius 3 is 2.47 bits per heavy atom. The molecule has 0 spiro atoms. The van der Waals surface area contributed by atoms with Crippen LogP contribution in [0.4, 0.5) is 0 Å². The van der Waals surface area contributed by atoms with Gasteiger partial charge in [0.05, 0.1) is 0 Å². The number of benzene rings is 1. The maximum atomic E-state index is 5.96. The normalized spacial score (nSPS) is 12.7. The van der Waals surface area contributed by atoms with E-state index in [2.05, 4.69) is 37.3 Å². The lowest BCUT2D eigenvalue weighted by Crippen LogP contribution is -2.05. The molecule has 0 aliphatic carbocycles. The molecular formula is C13H15NS. The van der Waals surface area contributed by atoms with Crippen LogP contribution in [0.2, 0.25) is 0 Å². The van der Waals surface area contributed by atoms with Crippen molar-refractivity contribution in [3.05, 3.63) is 46.8 Å². The van der Waals surface area contributed by atoms with Gasteiger partial charge in [-0.1, -0.05) is 24.3 Å². The topological polar surface area (TPSA) is 26.0 Å². The largest absolute Gasteiger partial charge is 0.324 e.